The normalized spacial score (nSPS) is 16.8. The molecule has 2 heterocycles. The number of aryl methyl sites for hydroxylation is 1. The number of hydrogen-bond donors (Lipinski definition) is 2. The first kappa shape index (κ1) is 20.6. The maximum Gasteiger partial charge on any atom is 0.414 e. The van der Waals surface area contributed by atoms with Gasteiger partial charge in [0.25, 0.3) is 0 Å². The third-order valence-electron chi connectivity index (χ3n) is 4.29. The molecule has 9 nitrogen and oxygen atoms in total. The number of nitrogens with zero attached hydrogens (tertiary/aromatic N) is 4. The molecule has 0 spiro atoms. The van der Waals surface area contributed by atoms with E-state index in [9.17, 15) is 14.0 Å². The summed E-state index contributed by atoms with van der Waals surface area (Å²) in [5, 5.41) is 23.6. The van der Waals surface area contributed by atoms with Crippen molar-refractivity contribution in [3.8, 4) is 10.6 Å². The van der Waals surface area contributed by atoms with E-state index in [1.165, 1.54) is 29.2 Å². The molecule has 1 aliphatic heterocycles. The van der Waals surface area contributed by atoms with Crippen LogP contribution in [0.2, 0.25) is 0 Å². The molecular formula is C18H20FN5O4S. The van der Waals surface area contributed by atoms with E-state index in [0.717, 1.165) is 0 Å². The third kappa shape index (κ3) is 5.05. The first-order valence-electron chi connectivity index (χ1n) is 8.89. The van der Waals surface area contributed by atoms with Gasteiger partial charge in [-0.1, -0.05) is 16.5 Å². The van der Waals surface area contributed by atoms with Gasteiger partial charge in [-0.25, -0.2) is 9.18 Å². The SMILES string of the molecule is CC(=O)NC[C@H]1CN(c2ccc(-c3nnc(CC/C(C)=N\O)s3)c(F)c2)C(=O)O1. The van der Waals surface area contributed by atoms with Gasteiger partial charge < -0.3 is 15.3 Å². The molecule has 11 heteroatoms. The van der Waals surface area contributed by atoms with Gasteiger partial charge in [0.2, 0.25) is 5.91 Å². The summed E-state index contributed by atoms with van der Waals surface area (Å²) in [6, 6.07) is 4.41. The predicted octanol–water partition coefficient (Wildman–Crippen LogP) is 2.59. The molecule has 1 atom stereocenters. The topological polar surface area (TPSA) is 117 Å². The van der Waals surface area contributed by atoms with E-state index in [1.807, 2.05) is 0 Å². The highest BCUT2D eigenvalue weighted by atomic mass is 32.1. The number of carbonyl (C=O) groups excluding carboxylic acids is 2. The van der Waals surface area contributed by atoms with Crippen molar-refractivity contribution < 1.29 is 23.9 Å². The van der Waals surface area contributed by atoms with Gasteiger partial charge in [-0.05, 0) is 31.5 Å². The third-order valence-corrected chi connectivity index (χ3v) is 5.30. The highest BCUT2D eigenvalue weighted by Gasteiger charge is 2.32. The molecule has 154 valence electrons. The van der Waals surface area contributed by atoms with Crippen molar-refractivity contribution in [2.24, 2.45) is 5.16 Å². The van der Waals surface area contributed by atoms with E-state index in [-0.39, 0.29) is 24.6 Å². The Morgan fingerprint density at radius 1 is 1.45 bits per heavy atom. The van der Waals surface area contributed by atoms with Crippen molar-refractivity contribution in [3.05, 3.63) is 29.0 Å². The molecular weight excluding hydrogens is 401 g/mol. The Bertz CT molecular complexity index is 948. The number of halogens is 1. The Morgan fingerprint density at radius 2 is 2.24 bits per heavy atom. The van der Waals surface area contributed by atoms with E-state index < -0.39 is 18.0 Å². The second-order valence-electron chi connectivity index (χ2n) is 6.55. The van der Waals surface area contributed by atoms with Crippen LogP contribution >= 0.6 is 11.3 Å². The summed E-state index contributed by atoms with van der Waals surface area (Å²) in [4.78, 5) is 24.4. The number of ether oxygens (including phenoxy) is 1. The second-order valence-corrected chi connectivity index (χ2v) is 7.62. The van der Waals surface area contributed by atoms with Crippen LogP contribution in [0.1, 0.15) is 25.3 Å². The monoisotopic (exact) mass is 421 g/mol. The molecule has 29 heavy (non-hydrogen) atoms. The van der Waals surface area contributed by atoms with E-state index in [2.05, 4.69) is 20.7 Å². The van der Waals surface area contributed by atoms with E-state index >= 15 is 0 Å². The molecule has 1 aliphatic rings. The Kier molecular flexibility index (Phi) is 6.37. The van der Waals surface area contributed by atoms with Crippen LogP contribution in [0.3, 0.4) is 0 Å². The maximum atomic E-state index is 14.7. The second kappa shape index (κ2) is 8.95. The lowest BCUT2D eigenvalue weighted by atomic mass is 10.2. The van der Waals surface area contributed by atoms with Crippen molar-refractivity contribution in [1.29, 1.82) is 0 Å². The van der Waals surface area contributed by atoms with Crippen LogP contribution in [-0.2, 0) is 16.0 Å². The first-order chi connectivity index (χ1) is 13.9. The summed E-state index contributed by atoms with van der Waals surface area (Å²) >= 11 is 1.26. The summed E-state index contributed by atoms with van der Waals surface area (Å²) < 4.78 is 19.9. The molecule has 0 saturated carbocycles. The smallest absolute Gasteiger partial charge is 0.414 e. The zero-order valence-electron chi connectivity index (χ0n) is 15.9. The summed E-state index contributed by atoms with van der Waals surface area (Å²) in [7, 11) is 0. The quantitative estimate of drug-likeness (QED) is 0.403. The number of nitrogens with one attached hydrogen (secondary N) is 1. The minimum Gasteiger partial charge on any atom is -0.442 e. The lowest BCUT2D eigenvalue weighted by Gasteiger charge is -2.14. The Balaban J connectivity index is 1.70. The molecule has 1 fully saturated rings. The van der Waals surface area contributed by atoms with Gasteiger partial charge in [-0.3, -0.25) is 9.69 Å². The molecule has 2 amide bonds. The Morgan fingerprint density at radius 3 is 2.93 bits per heavy atom. The van der Waals surface area contributed by atoms with Crippen molar-refractivity contribution in [3.63, 3.8) is 0 Å². The van der Waals surface area contributed by atoms with Gasteiger partial charge >= 0.3 is 6.09 Å². The van der Waals surface area contributed by atoms with Crippen molar-refractivity contribution in [2.45, 2.75) is 32.8 Å². The number of aromatic nitrogens is 2. The number of carbonyl (C=O) groups is 2. The zero-order chi connectivity index (χ0) is 21.0. The number of cyclic esters (lactones) is 1. The molecule has 3 rings (SSSR count). The molecule has 2 aromatic rings. The molecule has 1 aromatic carbocycles. The van der Waals surface area contributed by atoms with Crippen LogP contribution in [0.5, 0.6) is 0 Å². The average Bonchev–Trinajstić information content (AvgIpc) is 3.30. The maximum absolute atomic E-state index is 14.7. The number of anilines is 1. The fourth-order valence-electron chi connectivity index (χ4n) is 2.74. The van der Waals surface area contributed by atoms with Gasteiger partial charge in [0.15, 0.2) is 5.01 Å². The van der Waals surface area contributed by atoms with Crippen LogP contribution in [-0.4, -0.2) is 52.3 Å². The van der Waals surface area contributed by atoms with Crippen LogP contribution in [0.15, 0.2) is 23.4 Å². The average molecular weight is 421 g/mol. The van der Waals surface area contributed by atoms with Crippen molar-refractivity contribution >= 4 is 34.7 Å². The molecule has 0 bridgehead atoms. The van der Waals surface area contributed by atoms with Gasteiger partial charge in [0.1, 0.15) is 16.9 Å². The summed E-state index contributed by atoms with van der Waals surface area (Å²) in [5.41, 5.74) is 1.22. The molecule has 2 N–H and O–H groups in total. The van der Waals surface area contributed by atoms with Crippen LogP contribution in [0.4, 0.5) is 14.9 Å². The van der Waals surface area contributed by atoms with Crippen molar-refractivity contribution in [2.75, 3.05) is 18.0 Å². The van der Waals surface area contributed by atoms with Crippen LogP contribution < -0.4 is 10.2 Å². The molecule has 1 aromatic heterocycles. The van der Waals surface area contributed by atoms with Gasteiger partial charge in [-0.15, -0.1) is 10.2 Å². The van der Waals surface area contributed by atoms with Crippen LogP contribution in [0.25, 0.3) is 10.6 Å². The predicted molar refractivity (Wildman–Crippen MR) is 105 cm³/mol. The number of hydrogen-bond acceptors (Lipinski definition) is 8. The lowest BCUT2D eigenvalue weighted by molar-refractivity contribution is -0.119. The van der Waals surface area contributed by atoms with E-state index in [1.54, 1.807) is 19.1 Å². The van der Waals surface area contributed by atoms with Gasteiger partial charge in [0, 0.05) is 18.9 Å². The van der Waals surface area contributed by atoms with Gasteiger partial charge in [-0.2, -0.15) is 0 Å². The minimum absolute atomic E-state index is 0.201. The fraction of sp³-hybridized carbons (Fsp3) is 0.389. The number of amides is 2. The number of oxime groups is 1. The largest absolute Gasteiger partial charge is 0.442 e. The fourth-order valence-corrected chi connectivity index (χ4v) is 3.61. The van der Waals surface area contributed by atoms with E-state index in [0.29, 0.717) is 34.3 Å². The van der Waals surface area contributed by atoms with Crippen molar-refractivity contribution in [1.82, 2.24) is 15.5 Å². The standard InChI is InChI=1S/C18H20FN5O4S/c1-10(23-27)3-6-16-21-22-17(29-16)14-5-4-12(7-15(14)19)24-9-13(28-18(24)26)8-20-11(2)25/h4-5,7,13,27H,3,6,8-9H2,1-2H3,(H,20,25)/b23-10-/t13-/m0/s1. The Labute approximate surface area is 170 Å². The van der Waals surface area contributed by atoms with E-state index in [4.69, 9.17) is 9.94 Å². The van der Waals surface area contributed by atoms with Gasteiger partial charge in [0.05, 0.1) is 24.5 Å². The summed E-state index contributed by atoms with van der Waals surface area (Å²) in [5.74, 6) is -0.749. The number of benzene rings is 1. The number of rotatable bonds is 7. The Hall–Kier alpha value is -3.08. The summed E-state index contributed by atoms with van der Waals surface area (Å²) in [6.07, 6.45) is -0.0105. The van der Waals surface area contributed by atoms with Crippen LogP contribution in [0, 0.1) is 5.82 Å². The molecule has 0 unspecified atom stereocenters. The summed E-state index contributed by atoms with van der Waals surface area (Å²) in [6.45, 7) is 3.49. The molecule has 1 saturated heterocycles. The minimum atomic E-state index is -0.591. The lowest BCUT2D eigenvalue weighted by Crippen LogP contribution is -2.33. The highest BCUT2D eigenvalue weighted by molar-refractivity contribution is 7.14. The molecule has 0 radical (unpaired) electrons. The highest BCUT2D eigenvalue weighted by Crippen LogP contribution is 2.31. The zero-order valence-corrected chi connectivity index (χ0v) is 16.7. The first-order valence-corrected chi connectivity index (χ1v) is 9.71. The molecule has 0 aliphatic carbocycles.